The van der Waals surface area contributed by atoms with E-state index in [2.05, 4.69) is 20.8 Å². The summed E-state index contributed by atoms with van der Waals surface area (Å²) in [7, 11) is 1.80. The van der Waals surface area contributed by atoms with E-state index in [0.717, 1.165) is 17.0 Å². The van der Waals surface area contributed by atoms with Gasteiger partial charge < -0.3 is 4.98 Å². The van der Waals surface area contributed by atoms with Crippen molar-refractivity contribution in [1.29, 1.82) is 0 Å². The molecule has 4 heteroatoms. The number of benzene rings is 1. The number of fused-ring (bicyclic) bond motifs is 1. The fraction of sp³-hybridized carbons (Fsp3) is 0.125. The average molecular weight is 162 g/mol. The van der Waals surface area contributed by atoms with Gasteiger partial charge in [-0.25, -0.2) is 10.4 Å². The molecule has 0 bridgehead atoms. The Morgan fingerprint density at radius 2 is 2.17 bits per heavy atom. The molecule has 62 valence electrons. The van der Waals surface area contributed by atoms with Crippen LogP contribution in [0.3, 0.4) is 0 Å². The van der Waals surface area contributed by atoms with Gasteiger partial charge in [0.2, 0.25) is 5.95 Å². The van der Waals surface area contributed by atoms with E-state index in [-0.39, 0.29) is 0 Å². The highest BCUT2D eigenvalue weighted by molar-refractivity contribution is 5.77. The molecule has 3 N–H and O–H groups in total. The van der Waals surface area contributed by atoms with Gasteiger partial charge in [-0.15, -0.1) is 0 Å². The Kier molecular flexibility index (Phi) is 1.68. The molecule has 0 aliphatic heterocycles. The van der Waals surface area contributed by atoms with E-state index in [1.165, 1.54) is 0 Å². The number of hydrazine groups is 1. The summed E-state index contributed by atoms with van der Waals surface area (Å²) in [5, 5.41) is 0. The molecule has 0 amide bonds. The molecule has 12 heavy (non-hydrogen) atoms. The number of aromatic amines is 1. The van der Waals surface area contributed by atoms with Gasteiger partial charge in [0.05, 0.1) is 11.0 Å². The minimum atomic E-state index is 0.735. The molecule has 2 rings (SSSR count). The summed E-state index contributed by atoms with van der Waals surface area (Å²) >= 11 is 0. The molecule has 0 saturated carbocycles. The zero-order valence-corrected chi connectivity index (χ0v) is 6.76. The molecule has 4 nitrogen and oxygen atoms in total. The van der Waals surface area contributed by atoms with E-state index >= 15 is 0 Å². The topological polar surface area (TPSA) is 52.7 Å². The van der Waals surface area contributed by atoms with Crippen LogP contribution < -0.4 is 10.9 Å². The van der Waals surface area contributed by atoms with Crippen LogP contribution in [0.2, 0.25) is 0 Å². The third-order valence-corrected chi connectivity index (χ3v) is 1.63. The second-order valence-electron chi connectivity index (χ2n) is 2.48. The Hall–Kier alpha value is -1.55. The highest BCUT2D eigenvalue weighted by atomic mass is 15.4. The maximum Gasteiger partial charge on any atom is 0.215 e. The third-order valence-electron chi connectivity index (χ3n) is 1.63. The number of hydrogen-bond donors (Lipinski definition) is 3. The van der Waals surface area contributed by atoms with Crippen molar-refractivity contribution >= 4 is 17.0 Å². The van der Waals surface area contributed by atoms with Crippen molar-refractivity contribution in [2.75, 3.05) is 12.5 Å². The van der Waals surface area contributed by atoms with Crippen LogP contribution in [0.5, 0.6) is 0 Å². The van der Waals surface area contributed by atoms with Gasteiger partial charge in [0, 0.05) is 7.05 Å². The van der Waals surface area contributed by atoms with Crippen LogP contribution in [0, 0.1) is 0 Å². The second-order valence-corrected chi connectivity index (χ2v) is 2.48. The van der Waals surface area contributed by atoms with Gasteiger partial charge in [-0.3, -0.25) is 5.43 Å². The van der Waals surface area contributed by atoms with Gasteiger partial charge in [0.25, 0.3) is 0 Å². The van der Waals surface area contributed by atoms with E-state index in [1.54, 1.807) is 7.05 Å². The minimum absolute atomic E-state index is 0.735. The maximum atomic E-state index is 4.27. The standard InChI is InChI=1S/C8H10N4/c1-9-12-8-10-6-4-2-3-5-7(6)11-8/h2-5,9H,1H3,(H2,10,11,12). The molecule has 0 aliphatic rings. The highest BCUT2D eigenvalue weighted by Crippen LogP contribution is 2.11. The molecule has 1 aromatic heterocycles. The molecular weight excluding hydrogens is 152 g/mol. The maximum absolute atomic E-state index is 4.27. The Morgan fingerprint density at radius 3 is 2.92 bits per heavy atom. The van der Waals surface area contributed by atoms with E-state index < -0.39 is 0 Å². The van der Waals surface area contributed by atoms with Gasteiger partial charge in [0.15, 0.2) is 0 Å². The van der Waals surface area contributed by atoms with Crippen LogP contribution in [-0.4, -0.2) is 17.0 Å². The van der Waals surface area contributed by atoms with Crippen LogP contribution in [0.15, 0.2) is 24.3 Å². The zero-order valence-electron chi connectivity index (χ0n) is 6.76. The van der Waals surface area contributed by atoms with Gasteiger partial charge >= 0.3 is 0 Å². The number of imidazole rings is 1. The summed E-state index contributed by atoms with van der Waals surface area (Å²) in [5.74, 6) is 0.735. The van der Waals surface area contributed by atoms with Gasteiger partial charge in [-0.2, -0.15) is 0 Å². The first-order valence-electron chi connectivity index (χ1n) is 3.77. The van der Waals surface area contributed by atoms with E-state index in [4.69, 9.17) is 0 Å². The second kappa shape index (κ2) is 2.83. The van der Waals surface area contributed by atoms with E-state index in [0.29, 0.717) is 0 Å². The molecular formula is C8H10N4. The van der Waals surface area contributed by atoms with Crippen molar-refractivity contribution < 1.29 is 0 Å². The molecule has 2 aromatic rings. The molecule has 0 fully saturated rings. The van der Waals surface area contributed by atoms with Crippen LogP contribution in [0.1, 0.15) is 0 Å². The van der Waals surface area contributed by atoms with Crippen LogP contribution in [-0.2, 0) is 0 Å². The summed E-state index contributed by atoms with van der Waals surface area (Å²) in [4.78, 5) is 7.39. The smallest absolute Gasteiger partial charge is 0.215 e. The summed E-state index contributed by atoms with van der Waals surface area (Å²) in [5.41, 5.74) is 7.69. The number of aromatic nitrogens is 2. The lowest BCUT2D eigenvalue weighted by Gasteiger charge is -1.95. The quantitative estimate of drug-likeness (QED) is 0.580. The first-order chi connectivity index (χ1) is 5.90. The molecule has 0 atom stereocenters. The number of para-hydroxylation sites is 2. The first-order valence-corrected chi connectivity index (χ1v) is 3.77. The monoisotopic (exact) mass is 162 g/mol. The molecule has 0 unspecified atom stereocenters. The minimum Gasteiger partial charge on any atom is -0.323 e. The van der Waals surface area contributed by atoms with Crippen molar-refractivity contribution in [3.8, 4) is 0 Å². The summed E-state index contributed by atoms with van der Waals surface area (Å²) in [6.45, 7) is 0. The zero-order chi connectivity index (χ0) is 8.39. The molecule has 1 aromatic carbocycles. The van der Waals surface area contributed by atoms with E-state index in [1.807, 2.05) is 24.3 Å². The van der Waals surface area contributed by atoms with Crippen molar-refractivity contribution in [2.45, 2.75) is 0 Å². The SMILES string of the molecule is CNNc1nc2ccccc2[nH]1. The summed E-state index contributed by atoms with van der Waals surface area (Å²) < 4.78 is 0. The third kappa shape index (κ3) is 1.12. The normalized spacial score (nSPS) is 10.4. The predicted octanol–water partition coefficient (Wildman–Crippen LogP) is 1.11. The van der Waals surface area contributed by atoms with Gasteiger partial charge in [0.1, 0.15) is 0 Å². The highest BCUT2D eigenvalue weighted by Gasteiger charge is 1.98. The molecule has 0 radical (unpaired) electrons. The number of anilines is 1. The van der Waals surface area contributed by atoms with Crippen LogP contribution in [0.4, 0.5) is 5.95 Å². The van der Waals surface area contributed by atoms with E-state index in [9.17, 15) is 0 Å². The summed E-state index contributed by atoms with van der Waals surface area (Å²) in [6, 6.07) is 7.89. The molecule has 1 heterocycles. The Bertz CT molecular complexity index is 346. The van der Waals surface area contributed by atoms with Crippen molar-refractivity contribution in [3.63, 3.8) is 0 Å². The Morgan fingerprint density at radius 1 is 1.33 bits per heavy atom. The fourth-order valence-electron chi connectivity index (χ4n) is 1.13. The number of nitrogens with one attached hydrogen (secondary N) is 3. The van der Waals surface area contributed by atoms with Crippen molar-refractivity contribution in [1.82, 2.24) is 15.4 Å². The Labute approximate surface area is 70.0 Å². The summed E-state index contributed by atoms with van der Waals surface area (Å²) in [6.07, 6.45) is 0. The van der Waals surface area contributed by atoms with Gasteiger partial charge in [-0.05, 0) is 12.1 Å². The number of rotatable bonds is 2. The lowest BCUT2D eigenvalue weighted by molar-refractivity contribution is 0.956. The van der Waals surface area contributed by atoms with Crippen LogP contribution in [0.25, 0.3) is 11.0 Å². The predicted molar refractivity (Wildman–Crippen MR) is 48.8 cm³/mol. The molecule has 0 spiro atoms. The van der Waals surface area contributed by atoms with Gasteiger partial charge in [-0.1, -0.05) is 12.1 Å². The average Bonchev–Trinajstić information content (AvgIpc) is 2.47. The number of nitrogens with zero attached hydrogens (tertiary/aromatic N) is 1. The Balaban J connectivity index is 2.47. The van der Waals surface area contributed by atoms with Crippen LogP contribution >= 0.6 is 0 Å². The lowest BCUT2D eigenvalue weighted by Crippen LogP contribution is -2.15. The number of H-pyrrole nitrogens is 1. The van der Waals surface area contributed by atoms with Crippen molar-refractivity contribution in [3.05, 3.63) is 24.3 Å². The lowest BCUT2D eigenvalue weighted by atomic mass is 10.3. The molecule has 0 saturated heterocycles. The number of hydrogen-bond acceptors (Lipinski definition) is 3. The van der Waals surface area contributed by atoms with Crippen molar-refractivity contribution in [2.24, 2.45) is 0 Å². The fourth-order valence-corrected chi connectivity index (χ4v) is 1.13. The first kappa shape index (κ1) is 7.12. The largest absolute Gasteiger partial charge is 0.323 e. The molecule has 0 aliphatic carbocycles.